The van der Waals surface area contributed by atoms with Gasteiger partial charge in [-0.2, -0.15) is 0 Å². The second kappa shape index (κ2) is 20.2. The lowest BCUT2D eigenvalue weighted by atomic mass is 9.59. The van der Waals surface area contributed by atoms with Crippen LogP contribution in [0.2, 0.25) is 0 Å². The summed E-state index contributed by atoms with van der Waals surface area (Å²) in [4.78, 5) is 67.2. The molecule has 10 nitrogen and oxygen atoms in total. The standard InChI is InChI=1S/C72H60N2O8/c1-39(2)47-31-21-32-48(40(3)4)67(47)73-69(75)51-35-55(79-43-23-13-9-14-24-43)61-63-57(81-45-27-17-11-18-28-45)37-53-60-54(72(78)74(71(53)77)68-49(41(5)6)33-22-34-50(68)42(7)8)38-58(82-46-29-19-12-20-30-46)64(66(60)63)62-56(80-44-25-15-10-16-26-44)36-52(70(73)76)59(51)65(61)62/h9-42,61,65H,1-8H3. The summed E-state index contributed by atoms with van der Waals surface area (Å²) >= 11 is 0. The van der Waals surface area contributed by atoms with Crippen molar-refractivity contribution in [3.63, 3.8) is 0 Å². The van der Waals surface area contributed by atoms with E-state index in [0.29, 0.717) is 84.7 Å². The van der Waals surface area contributed by atoms with Crippen LogP contribution in [0.5, 0.6) is 34.5 Å². The molecule has 2 heterocycles. The van der Waals surface area contributed by atoms with Gasteiger partial charge in [-0.15, -0.1) is 0 Å². The third-order valence-corrected chi connectivity index (χ3v) is 16.4. The summed E-state index contributed by atoms with van der Waals surface area (Å²) in [5, 5.41) is 0.906. The zero-order valence-corrected chi connectivity index (χ0v) is 46.9. The Balaban J connectivity index is 1.19. The number of anilines is 2. The topological polar surface area (TPSA) is 112 Å². The van der Waals surface area contributed by atoms with E-state index in [2.05, 4.69) is 55.4 Å². The lowest BCUT2D eigenvalue weighted by Gasteiger charge is -2.47. The van der Waals surface area contributed by atoms with Gasteiger partial charge < -0.3 is 18.9 Å². The fourth-order valence-electron chi connectivity index (χ4n) is 12.8. The van der Waals surface area contributed by atoms with Gasteiger partial charge in [-0.05, 0) is 124 Å². The minimum absolute atomic E-state index is 0.0483. The van der Waals surface area contributed by atoms with Crippen molar-refractivity contribution in [2.24, 2.45) is 5.92 Å². The third-order valence-electron chi connectivity index (χ3n) is 16.4. The molecular weight excluding hydrogens is 1020 g/mol. The number of carbonyl (C=O) groups is 4. The van der Waals surface area contributed by atoms with E-state index in [9.17, 15) is 0 Å². The van der Waals surface area contributed by atoms with E-state index in [1.54, 1.807) is 24.3 Å². The maximum absolute atomic E-state index is 16.1. The fraction of sp³-hybridized carbons (Fsp3) is 0.194. The number of allylic oxidation sites excluding steroid dienone is 3. The number of rotatable bonds is 14. The third kappa shape index (κ3) is 8.29. The molecule has 0 fully saturated rings. The van der Waals surface area contributed by atoms with Crippen LogP contribution in [0.1, 0.15) is 139 Å². The van der Waals surface area contributed by atoms with Crippen molar-refractivity contribution in [2.45, 2.75) is 85.0 Å². The van der Waals surface area contributed by atoms with Crippen LogP contribution >= 0.6 is 0 Å². The zero-order chi connectivity index (χ0) is 56.8. The Kier molecular flexibility index (Phi) is 12.8. The summed E-state index contributed by atoms with van der Waals surface area (Å²) in [5.41, 5.74) is 7.68. The molecule has 8 aromatic carbocycles. The Labute approximate surface area is 477 Å². The van der Waals surface area contributed by atoms with Gasteiger partial charge in [-0.25, -0.2) is 9.80 Å². The Morgan fingerprint density at radius 1 is 0.390 bits per heavy atom. The van der Waals surface area contributed by atoms with E-state index < -0.39 is 35.5 Å². The van der Waals surface area contributed by atoms with Crippen molar-refractivity contribution in [1.29, 1.82) is 0 Å². The summed E-state index contributed by atoms with van der Waals surface area (Å²) < 4.78 is 28.7. The molecule has 0 spiro atoms. The number of hydrogen-bond donors (Lipinski definition) is 0. The first kappa shape index (κ1) is 51.9. The van der Waals surface area contributed by atoms with E-state index >= 15 is 19.2 Å². The minimum Gasteiger partial charge on any atom is -0.461 e. The van der Waals surface area contributed by atoms with Crippen LogP contribution in [0.3, 0.4) is 0 Å². The van der Waals surface area contributed by atoms with Gasteiger partial charge in [0.2, 0.25) is 0 Å². The molecule has 406 valence electrons. The molecule has 2 atom stereocenters. The predicted octanol–water partition coefficient (Wildman–Crippen LogP) is 17.0. The Morgan fingerprint density at radius 2 is 0.805 bits per heavy atom. The van der Waals surface area contributed by atoms with Crippen LogP contribution in [-0.2, 0) is 9.59 Å². The fourth-order valence-corrected chi connectivity index (χ4v) is 12.8. The van der Waals surface area contributed by atoms with E-state index in [4.69, 9.17) is 18.9 Å². The molecule has 2 unspecified atom stereocenters. The van der Waals surface area contributed by atoms with Gasteiger partial charge in [0.25, 0.3) is 23.6 Å². The average molecular weight is 1080 g/mol. The zero-order valence-electron chi connectivity index (χ0n) is 46.9. The van der Waals surface area contributed by atoms with E-state index in [1.165, 1.54) is 9.80 Å². The summed E-state index contributed by atoms with van der Waals surface area (Å²) in [6.45, 7) is 16.5. The van der Waals surface area contributed by atoms with Crippen LogP contribution in [0, 0.1) is 5.92 Å². The number of benzene rings is 8. The van der Waals surface area contributed by atoms with Gasteiger partial charge in [0, 0.05) is 44.5 Å². The first-order chi connectivity index (χ1) is 39.7. The maximum Gasteiger partial charge on any atom is 0.266 e. The summed E-state index contributed by atoms with van der Waals surface area (Å²) in [7, 11) is 0. The molecule has 5 aliphatic rings. The molecule has 0 N–H and O–H groups in total. The largest absolute Gasteiger partial charge is 0.461 e. The number of ether oxygens (including phenoxy) is 4. The first-order valence-corrected chi connectivity index (χ1v) is 28.2. The van der Waals surface area contributed by atoms with Gasteiger partial charge in [-0.1, -0.05) is 165 Å². The molecule has 10 heteroatoms. The number of hydrogen-bond acceptors (Lipinski definition) is 8. The monoisotopic (exact) mass is 1080 g/mol. The second-order valence-corrected chi connectivity index (χ2v) is 22.8. The van der Waals surface area contributed by atoms with Gasteiger partial charge >= 0.3 is 0 Å². The molecule has 0 bridgehead atoms. The average Bonchev–Trinajstić information content (AvgIpc) is 1.70. The van der Waals surface area contributed by atoms with Gasteiger partial charge in [0.15, 0.2) is 0 Å². The number of carbonyl (C=O) groups excluding carboxylic acids is 4. The molecule has 82 heavy (non-hydrogen) atoms. The van der Waals surface area contributed by atoms with E-state index in [-0.39, 0.29) is 51.7 Å². The SMILES string of the molecule is CC(C)c1cccc(C(C)C)c1N1C(=O)C2=CC(Oc3ccccc3)=C3c4c(Oc5ccccc5)cc5c6c(cc(Oc7ccccc7)c(c46)C4C(Oc6ccccc6)=CC(=C2C34)C1=O)C(=O)N(c1c(C(C)C)cccc1C(C)C)C5=O. The van der Waals surface area contributed by atoms with Gasteiger partial charge in [-0.3, -0.25) is 19.2 Å². The smallest absolute Gasteiger partial charge is 0.266 e. The van der Waals surface area contributed by atoms with E-state index in [1.807, 2.05) is 158 Å². The summed E-state index contributed by atoms with van der Waals surface area (Å²) in [6.07, 6.45) is 3.55. The highest BCUT2D eigenvalue weighted by Crippen LogP contribution is 2.65. The molecule has 2 aliphatic heterocycles. The minimum atomic E-state index is -0.890. The van der Waals surface area contributed by atoms with E-state index in [0.717, 1.165) is 22.3 Å². The van der Waals surface area contributed by atoms with Crippen LogP contribution < -0.4 is 28.7 Å². The molecule has 3 aliphatic carbocycles. The van der Waals surface area contributed by atoms with Crippen molar-refractivity contribution in [2.75, 3.05) is 9.80 Å². The van der Waals surface area contributed by atoms with Gasteiger partial charge in [0.1, 0.15) is 46.0 Å². The van der Waals surface area contributed by atoms with Crippen molar-refractivity contribution in [3.8, 4) is 34.5 Å². The maximum atomic E-state index is 16.1. The number of amides is 4. The quantitative estimate of drug-likeness (QED) is 0.0990. The number of fused-ring (bicyclic) bond motifs is 2. The number of imide groups is 2. The molecule has 0 aromatic heterocycles. The number of nitrogens with zero attached hydrogens (tertiary/aromatic N) is 2. The second-order valence-electron chi connectivity index (χ2n) is 22.8. The Morgan fingerprint density at radius 3 is 1.27 bits per heavy atom. The lowest BCUT2D eigenvalue weighted by Crippen LogP contribution is -2.48. The Hall–Kier alpha value is -9.54. The normalized spacial score (nSPS) is 17.1. The molecule has 13 rings (SSSR count). The van der Waals surface area contributed by atoms with Crippen molar-refractivity contribution in [1.82, 2.24) is 0 Å². The number of para-hydroxylation sites is 6. The summed E-state index contributed by atoms with van der Waals surface area (Å²) in [5.74, 6) is -0.785. The molecule has 4 amide bonds. The molecule has 0 saturated carbocycles. The van der Waals surface area contributed by atoms with Gasteiger partial charge in [0.05, 0.1) is 28.4 Å². The Bertz CT molecular complexity index is 4060. The van der Waals surface area contributed by atoms with Crippen LogP contribution in [0.15, 0.2) is 210 Å². The molecular formula is C72H60N2O8. The first-order valence-electron chi connectivity index (χ1n) is 28.2. The molecule has 0 saturated heterocycles. The summed E-state index contributed by atoms with van der Waals surface area (Å²) in [6, 6.07) is 52.9. The highest BCUT2D eigenvalue weighted by atomic mass is 16.5. The highest BCUT2D eigenvalue weighted by molar-refractivity contribution is 6.38. The highest BCUT2D eigenvalue weighted by Gasteiger charge is 2.56. The lowest BCUT2D eigenvalue weighted by molar-refractivity contribution is -0.123. The predicted molar refractivity (Wildman–Crippen MR) is 320 cm³/mol. The molecule has 0 radical (unpaired) electrons. The molecule has 8 aromatic rings. The van der Waals surface area contributed by atoms with Crippen LogP contribution in [0.25, 0.3) is 16.3 Å². The van der Waals surface area contributed by atoms with Crippen LogP contribution in [-0.4, -0.2) is 23.6 Å². The van der Waals surface area contributed by atoms with Crippen LogP contribution in [0.4, 0.5) is 11.4 Å². The van der Waals surface area contributed by atoms with Crippen molar-refractivity contribution >= 4 is 51.3 Å². The van der Waals surface area contributed by atoms with Crippen molar-refractivity contribution < 1.29 is 38.1 Å². The van der Waals surface area contributed by atoms with Crippen molar-refractivity contribution in [3.05, 3.63) is 255 Å².